The summed E-state index contributed by atoms with van der Waals surface area (Å²) in [6.07, 6.45) is 0. The van der Waals surface area contributed by atoms with Gasteiger partial charge in [-0.05, 0) is 61.0 Å². The number of amides is 3. The summed E-state index contributed by atoms with van der Waals surface area (Å²) in [6, 6.07) is 18.8. The molecule has 0 radical (unpaired) electrons. The lowest BCUT2D eigenvalue weighted by Crippen LogP contribution is -2.18. The number of carbonyl (C=O) groups is 3. The van der Waals surface area contributed by atoms with Crippen molar-refractivity contribution >= 4 is 34.8 Å². The van der Waals surface area contributed by atoms with E-state index in [-0.39, 0.29) is 17.3 Å². The van der Waals surface area contributed by atoms with Crippen molar-refractivity contribution in [2.75, 3.05) is 16.0 Å². The van der Waals surface area contributed by atoms with E-state index in [1.165, 1.54) is 13.0 Å². The highest BCUT2D eigenvalue weighted by molar-refractivity contribution is 6.06. The van der Waals surface area contributed by atoms with Crippen LogP contribution in [0.2, 0.25) is 0 Å². The van der Waals surface area contributed by atoms with E-state index in [1.54, 1.807) is 42.5 Å². The maximum atomic E-state index is 12.5. The molecule has 0 aliphatic heterocycles. The third-order valence-corrected chi connectivity index (χ3v) is 3.95. The highest BCUT2D eigenvalue weighted by Crippen LogP contribution is 2.15. The van der Waals surface area contributed by atoms with Gasteiger partial charge in [-0.25, -0.2) is 4.98 Å². The Bertz CT molecular complexity index is 1060. The maximum Gasteiger partial charge on any atom is 0.274 e. The molecule has 1 heterocycles. The molecule has 0 aliphatic rings. The largest absolute Gasteiger partial charge is 0.326 e. The van der Waals surface area contributed by atoms with Gasteiger partial charge in [-0.1, -0.05) is 18.2 Å². The molecular weight excluding hydrogens is 368 g/mol. The van der Waals surface area contributed by atoms with Crippen LogP contribution in [0.4, 0.5) is 17.1 Å². The van der Waals surface area contributed by atoms with Crippen molar-refractivity contribution in [3.8, 4) is 0 Å². The molecule has 3 amide bonds. The molecule has 0 atom stereocenters. The molecule has 0 saturated carbocycles. The summed E-state index contributed by atoms with van der Waals surface area (Å²) in [6.45, 7) is 3.35. The molecule has 3 N–H and O–H groups in total. The minimum Gasteiger partial charge on any atom is -0.326 e. The summed E-state index contributed by atoms with van der Waals surface area (Å²) >= 11 is 0. The number of benzene rings is 2. The Labute approximate surface area is 168 Å². The number of aryl methyl sites for hydroxylation is 1. The van der Waals surface area contributed by atoms with Crippen LogP contribution >= 0.6 is 0 Å². The first-order chi connectivity index (χ1) is 13.9. The molecule has 1 aromatic heterocycles. The predicted octanol–water partition coefficient (Wildman–Crippen LogP) is 3.85. The van der Waals surface area contributed by atoms with E-state index in [1.807, 2.05) is 25.1 Å². The second-order valence-electron chi connectivity index (χ2n) is 6.44. The van der Waals surface area contributed by atoms with Gasteiger partial charge in [0.25, 0.3) is 11.8 Å². The third-order valence-electron chi connectivity index (χ3n) is 3.95. The Morgan fingerprint density at radius 1 is 0.690 bits per heavy atom. The van der Waals surface area contributed by atoms with Gasteiger partial charge in [0.1, 0.15) is 11.4 Å². The fourth-order valence-corrected chi connectivity index (χ4v) is 2.64. The molecule has 0 spiro atoms. The van der Waals surface area contributed by atoms with E-state index >= 15 is 0 Å². The van der Waals surface area contributed by atoms with E-state index in [0.29, 0.717) is 17.1 Å². The normalized spacial score (nSPS) is 10.1. The molecule has 3 aromatic rings. The lowest BCUT2D eigenvalue weighted by Gasteiger charge is -2.08. The summed E-state index contributed by atoms with van der Waals surface area (Å²) < 4.78 is 0. The standard InChI is InChI=1S/C22H20N4O3/c1-14-5-3-6-18(13-14)25-22(29)20-8-4-7-19(26-20)21(28)24-17-11-9-16(10-12-17)23-15(2)27/h3-13H,1-2H3,(H,23,27)(H,24,28)(H,25,29). The fraction of sp³-hybridized carbons (Fsp3) is 0.0909. The van der Waals surface area contributed by atoms with Gasteiger partial charge in [-0.3, -0.25) is 14.4 Å². The Morgan fingerprint density at radius 3 is 1.76 bits per heavy atom. The second-order valence-corrected chi connectivity index (χ2v) is 6.44. The summed E-state index contributed by atoms with van der Waals surface area (Å²) in [5.41, 5.74) is 3.11. The molecule has 0 saturated heterocycles. The monoisotopic (exact) mass is 388 g/mol. The molecule has 0 aliphatic carbocycles. The number of rotatable bonds is 5. The van der Waals surface area contributed by atoms with Gasteiger partial charge < -0.3 is 16.0 Å². The van der Waals surface area contributed by atoms with Gasteiger partial charge in [0, 0.05) is 24.0 Å². The van der Waals surface area contributed by atoms with E-state index in [0.717, 1.165) is 5.56 Å². The minimum atomic E-state index is -0.442. The molecule has 29 heavy (non-hydrogen) atoms. The molecule has 0 fully saturated rings. The van der Waals surface area contributed by atoms with E-state index < -0.39 is 11.8 Å². The third kappa shape index (κ3) is 5.49. The molecule has 7 heteroatoms. The number of nitrogens with one attached hydrogen (secondary N) is 3. The van der Waals surface area contributed by atoms with Crippen LogP contribution in [0.25, 0.3) is 0 Å². The average Bonchev–Trinajstić information content (AvgIpc) is 2.69. The molecule has 2 aromatic carbocycles. The van der Waals surface area contributed by atoms with Crippen molar-refractivity contribution in [1.29, 1.82) is 0 Å². The van der Waals surface area contributed by atoms with Crippen LogP contribution in [0.5, 0.6) is 0 Å². The zero-order valence-electron chi connectivity index (χ0n) is 16.0. The number of carbonyl (C=O) groups excluding carboxylic acids is 3. The first kappa shape index (κ1) is 19.8. The van der Waals surface area contributed by atoms with Crippen LogP contribution in [-0.4, -0.2) is 22.7 Å². The van der Waals surface area contributed by atoms with E-state index in [4.69, 9.17) is 0 Å². The number of anilines is 3. The van der Waals surface area contributed by atoms with Gasteiger partial charge in [-0.2, -0.15) is 0 Å². The van der Waals surface area contributed by atoms with Crippen LogP contribution in [0.3, 0.4) is 0 Å². The zero-order chi connectivity index (χ0) is 20.8. The van der Waals surface area contributed by atoms with Gasteiger partial charge >= 0.3 is 0 Å². The summed E-state index contributed by atoms with van der Waals surface area (Å²) in [4.78, 5) is 40.1. The topological polar surface area (TPSA) is 100 Å². The molecule has 0 bridgehead atoms. The van der Waals surface area contributed by atoms with Crippen molar-refractivity contribution < 1.29 is 14.4 Å². The minimum absolute atomic E-state index is 0.118. The van der Waals surface area contributed by atoms with Crippen LogP contribution in [0, 0.1) is 6.92 Å². The maximum absolute atomic E-state index is 12.5. The summed E-state index contributed by atoms with van der Waals surface area (Å²) in [5, 5.41) is 8.14. The number of pyridine rings is 1. The Morgan fingerprint density at radius 2 is 1.21 bits per heavy atom. The Balaban J connectivity index is 1.68. The van der Waals surface area contributed by atoms with Crippen LogP contribution < -0.4 is 16.0 Å². The Kier molecular flexibility index (Phi) is 5.99. The molecule has 7 nitrogen and oxygen atoms in total. The van der Waals surface area contributed by atoms with Gasteiger partial charge in [-0.15, -0.1) is 0 Å². The first-order valence-electron chi connectivity index (χ1n) is 8.95. The lowest BCUT2D eigenvalue weighted by atomic mass is 10.2. The quantitative estimate of drug-likeness (QED) is 0.618. The van der Waals surface area contributed by atoms with Crippen molar-refractivity contribution in [2.24, 2.45) is 0 Å². The molecule has 146 valence electrons. The molecular formula is C22H20N4O3. The number of hydrogen-bond acceptors (Lipinski definition) is 4. The fourth-order valence-electron chi connectivity index (χ4n) is 2.64. The molecule has 0 unspecified atom stereocenters. The predicted molar refractivity (Wildman–Crippen MR) is 112 cm³/mol. The number of aromatic nitrogens is 1. The van der Waals surface area contributed by atoms with Gasteiger partial charge in [0.2, 0.25) is 5.91 Å². The highest BCUT2D eigenvalue weighted by Gasteiger charge is 2.13. The van der Waals surface area contributed by atoms with Gasteiger partial charge in [0.05, 0.1) is 0 Å². The smallest absolute Gasteiger partial charge is 0.274 e. The van der Waals surface area contributed by atoms with Gasteiger partial charge in [0.15, 0.2) is 0 Å². The van der Waals surface area contributed by atoms with Crippen LogP contribution in [0.15, 0.2) is 66.7 Å². The van der Waals surface area contributed by atoms with E-state index in [9.17, 15) is 14.4 Å². The number of hydrogen-bond donors (Lipinski definition) is 3. The highest BCUT2D eigenvalue weighted by atomic mass is 16.2. The zero-order valence-corrected chi connectivity index (χ0v) is 16.0. The van der Waals surface area contributed by atoms with Crippen LogP contribution in [0.1, 0.15) is 33.5 Å². The summed E-state index contributed by atoms with van der Waals surface area (Å²) in [5.74, 6) is -1.01. The van der Waals surface area contributed by atoms with Crippen molar-refractivity contribution in [3.63, 3.8) is 0 Å². The van der Waals surface area contributed by atoms with Crippen molar-refractivity contribution in [2.45, 2.75) is 13.8 Å². The first-order valence-corrected chi connectivity index (χ1v) is 8.95. The number of nitrogens with zero attached hydrogens (tertiary/aromatic N) is 1. The van der Waals surface area contributed by atoms with E-state index in [2.05, 4.69) is 20.9 Å². The van der Waals surface area contributed by atoms with Crippen molar-refractivity contribution in [3.05, 3.63) is 83.7 Å². The van der Waals surface area contributed by atoms with Crippen molar-refractivity contribution in [1.82, 2.24) is 4.98 Å². The molecule has 3 rings (SSSR count). The van der Waals surface area contributed by atoms with Crippen LogP contribution in [-0.2, 0) is 4.79 Å². The SMILES string of the molecule is CC(=O)Nc1ccc(NC(=O)c2cccc(C(=O)Nc3cccc(C)c3)n2)cc1. The Hall–Kier alpha value is -4.00. The lowest BCUT2D eigenvalue weighted by molar-refractivity contribution is -0.114. The summed E-state index contributed by atoms with van der Waals surface area (Å²) in [7, 11) is 0. The second kappa shape index (κ2) is 8.79. The average molecular weight is 388 g/mol.